The normalized spacial score (nSPS) is 27.1. The van der Waals surface area contributed by atoms with Crippen molar-refractivity contribution < 1.29 is 9.53 Å². The van der Waals surface area contributed by atoms with Gasteiger partial charge in [-0.2, -0.15) is 0 Å². The van der Waals surface area contributed by atoms with Gasteiger partial charge in [0.2, 0.25) is 0 Å². The lowest BCUT2D eigenvalue weighted by Gasteiger charge is -2.40. The van der Waals surface area contributed by atoms with Crippen LogP contribution in [0.25, 0.3) is 0 Å². The minimum absolute atomic E-state index is 0.0242. The van der Waals surface area contributed by atoms with Crippen LogP contribution in [0.15, 0.2) is 58.4 Å². The van der Waals surface area contributed by atoms with Crippen LogP contribution >= 0.6 is 34.7 Å². The number of rotatable bonds is 5. The number of amides is 1. The second-order valence-corrected chi connectivity index (χ2v) is 11.7. The van der Waals surface area contributed by atoms with Gasteiger partial charge in [-0.1, -0.05) is 35.1 Å². The number of carbonyl (C=O) groups excluding carboxylic acids is 1. The number of thioether (sulfide) groups is 1. The fraction of sp³-hybridized carbons (Fsp3) is 0.360. The molecule has 2 fully saturated rings. The number of halogens is 1. The lowest BCUT2D eigenvalue weighted by Crippen LogP contribution is -2.33. The number of ether oxygens (including phenoxy) is 1. The Balaban J connectivity index is 1.22. The Morgan fingerprint density at radius 2 is 1.97 bits per heavy atom. The van der Waals surface area contributed by atoms with E-state index in [1.807, 2.05) is 30.0 Å². The van der Waals surface area contributed by atoms with Gasteiger partial charge in [0.05, 0.1) is 5.03 Å². The van der Waals surface area contributed by atoms with E-state index in [1.54, 1.807) is 24.3 Å². The number of thiazole rings is 1. The first-order chi connectivity index (χ1) is 16.0. The van der Waals surface area contributed by atoms with Crippen molar-refractivity contribution in [3.05, 3.63) is 73.7 Å². The molecule has 5 nitrogen and oxygen atoms in total. The Hall–Kier alpha value is -2.22. The lowest BCUT2D eigenvalue weighted by molar-refractivity contribution is -0.118. The fourth-order valence-corrected chi connectivity index (χ4v) is 8.92. The molecule has 2 N–H and O–H groups in total. The van der Waals surface area contributed by atoms with Crippen LogP contribution in [0.5, 0.6) is 5.75 Å². The number of nitrogens with one attached hydrogen (secondary N) is 2. The highest BCUT2D eigenvalue weighted by Gasteiger charge is 2.54. The molecule has 2 aliphatic carbocycles. The molecule has 170 valence electrons. The number of aromatic amines is 1. The molecule has 2 aromatic carbocycles. The number of hydrogen-bond acceptors (Lipinski definition) is 5. The van der Waals surface area contributed by atoms with Gasteiger partial charge in [-0.3, -0.25) is 9.59 Å². The largest absolute Gasteiger partial charge is 0.484 e. The van der Waals surface area contributed by atoms with Gasteiger partial charge in [0, 0.05) is 26.8 Å². The fourth-order valence-electron chi connectivity index (χ4n) is 5.90. The number of H-pyrrole nitrogens is 1. The molecule has 1 amide bonds. The number of aromatic nitrogens is 1. The van der Waals surface area contributed by atoms with Crippen LogP contribution in [0.1, 0.15) is 35.6 Å². The van der Waals surface area contributed by atoms with Crippen molar-refractivity contribution in [3.63, 3.8) is 0 Å². The lowest BCUT2D eigenvalue weighted by atomic mass is 9.75. The second kappa shape index (κ2) is 8.53. The summed E-state index contributed by atoms with van der Waals surface area (Å²) in [5.74, 6) is 2.67. The second-order valence-electron chi connectivity index (χ2n) is 9.09. The maximum absolute atomic E-state index is 12.4. The molecule has 33 heavy (non-hydrogen) atoms. The van der Waals surface area contributed by atoms with Crippen LogP contribution in [0.4, 0.5) is 5.69 Å². The van der Waals surface area contributed by atoms with Crippen molar-refractivity contribution >= 4 is 46.3 Å². The van der Waals surface area contributed by atoms with Gasteiger partial charge in [0.1, 0.15) is 5.75 Å². The third-order valence-electron chi connectivity index (χ3n) is 7.18. The van der Waals surface area contributed by atoms with Crippen molar-refractivity contribution in [1.29, 1.82) is 0 Å². The smallest absolute Gasteiger partial charge is 0.305 e. The van der Waals surface area contributed by atoms with Gasteiger partial charge < -0.3 is 15.0 Å². The monoisotopic (exact) mass is 498 g/mol. The average molecular weight is 499 g/mol. The minimum Gasteiger partial charge on any atom is -0.484 e. The highest BCUT2D eigenvalue weighted by molar-refractivity contribution is 8.00. The first kappa shape index (κ1) is 21.3. The van der Waals surface area contributed by atoms with Crippen molar-refractivity contribution in [2.45, 2.75) is 35.5 Å². The van der Waals surface area contributed by atoms with Crippen molar-refractivity contribution in [1.82, 2.24) is 4.98 Å². The zero-order chi connectivity index (χ0) is 22.5. The van der Waals surface area contributed by atoms with E-state index in [-0.39, 0.29) is 23.3 Å². The first-order valence-electron chi connectivity index (χ1n) is 11.2. The van der Waals surface area contributed by atoms with Crippen LogP contribution in [0.2, 0.25) is 5.02 Å². The third-order valence-corrected chi connectivity index (χ3v) is 10.1. The summed E-state index contributed by atoms with van der Waals surface area (Å²) in [7, 11) is 0. The van der Waals surface area contributed by atoms with Crippen LogP contribution in [-0.2, 0) is 4.79 Å². The molecule has 3 aromatic rings. The standard InChI is InChI=1S/C25H23ClN2O3S2/c26-16-6-8-17(9-7-16)27-19(29)12-31-18-3-1-2-13(11-18)21-20-14-4-5-15(10-14)22(20)32-24-23(21)33-25(30)28-24/h1-3,6-9,11,14-15,20-22H,4-5,10,12H2,(H,27,29)(H,28,30)/t14?,15?,20?,21-,22?/m1/s1. The summed E-state index contributed by atoms with van der Waals surface area (Å²) in [6.07, 6.45) is 3.90. The van der Waals surface area contributed by atoms with E-state index in [0.29, 0.717) is 27.6 Å². The SMILES string of the molecule is O=C(COc1cccc([C@H]2c3sc(=O)[nH]c3SC3C4CCC(C4)C32)c1)Nc1ccc(Cl)cc1. The molecule has 6 rings (SSSR count). The number of benzene rings is 2. The summed E-state index contributed by atoms with van der Waals surface area (Å²) in [5.41, 5.74) is 1.85. The Morgan fingerprint density at radius 3 is 2.82 bits per heavy atom. The minimum atomic E-state index is -0.226. The molecule has 3 aliphatic rings. The topological polar surface area (TPSA) is 71.2 Å². The van der Waals surface area contributed by atoms with E-state index in [0.717, 1.165) is 21.7 Å². The van der Waals surface area contributed by atoms with Crippen molar-refractivity contribution in [2.75, 3.05) is 11.9 Å². The van der Waals surface area contributed by atoms with Gasteiger partial charge >= 0.3 is 4.87 Å². The zero-order valence-electron chi connectivity index (χ0n) is 17.8. The molecule has 1 aliphatic heterocycles. The summed E-state index contributed by atoms with van der Waals surface area (Å²) in [6.45, 7) is -0.0773. The van der Waals surface area contributed by atoms with E-state index >= 15 is 0 Å². The Kier molecular flexibility index (Phi) is 5.51. The predicted molar refractivity (Wildman–Crippen MR) is 133 cm³/mol. The molecule has 5 atom stereocenters. The van der Waals surface area contributed by atoms with Crippen LogP contribution in [-0.4, -0.2) is 22.7 Å². The molecular formula is C25H23ClN2O3S2. The maximum atomic E-state index is 12.4. The number of anilines is 1. The molecule has 4 unspecified atom stereocenters. The number of fused-ring (bicyclic) bond motifs is 6. The molecule has 2 bridgehead atoms. The quantitative estimate of drug-likeness (QED) is 0.469. The molecule has 2 saturated carbocycles. The first-order valence-corrected chi connectivity index (χ1v) is 13.3. The average Bonchev–Trinajstić information content (AvgIpc) is 3.52. The Morgan fingerprint density at radius 1 is 1.15 bits per heavy atom. The predicted octanol–water partition coefficient (Wildman–Crippen LogP) is 5.76. The van der Waals surface area contributed by atoms with E-state index in [2.05, 4.69) is 16.4 Å². The van der Waals surface area contributed by atoms with E-state index < -0.39 is 0 Å². The third kappa shape index (κ3) is 4.00. The van der Waals surface area contributed by atoms with Crippen molar-refractivity contribution in [2.24, 2.45) is 17.8 Å². The van der Waals surface area contributed by atoms with Crippen LogP contribution < -0.4 is 14.9 Å². The van der Waals surface area contributed by atoms with E-state index in [1.165, 1.54) is 36.2 Å². The van der Waals surface area contributed by atoms with Gasteiger partial charge in [0.25, 0.3) is 5.91 Å². The Bertz CT molecular complexity index is 1260. The molecular weight excluding hydrogens is 476 g/mol. The highest BCUT2D eigenvalue weighted by atomic mass is 35.5. The molecule has 0 saturated heterocycles. The van der Waals surface area contributed by atoms with E-state index in [9.17, 15) is 9.59 Å². The number of carbonyl (C=O) groups is 1. The van der Waals surface area contributed by atoms with Gasteiger partial charge in [-0.15, -0.1) is 11.8 Å². The van der Waals surface area contributed by atoms with Crippen LogP contribution in [0.3, 0.4) is 0 Å². The molecule has 0 radical (unpaired) electrons. The van der Waals surface area contributed by atoms with Gasteiger partial charge in [0.15, 0.2) is 6.61 Å². The van der Waals surface area contributed by atoms with E-state index in [4.69, 9.17) is 16.3 Å². The number of hydrogen-bond donors (Lipinski definition) is 2. The molecule has 0 spiro atoms. The van der Waals surface area contributed by atoms with Crippen molar-refractivity contribution in [3.8, 4) is 5.75 Å². The van der Waals surface area contributed by atoms with Gasteiger partial charge in [-0.25, -0.2) is 0 Å². The summed E-state index contributed by atoms with van der Waals surface area (Å²) in [4.78, 5) is 28.8. The molecule has 1 aromatic heterocycles. The maximum Gasteiger partial charge on any atom is 0.305 e. The molecule has 8 heteroatoms. The summed E-state index contributed by atoms with van der Waals surface area (Å²) in [5, 5.41) is 5.06. The molecule has 2 heterocycles. The van der Waals surface area contributed by atoms with Gasteiger partial charge in [-0.05, 0) is 79.0 Å². The summed E-state index contributed by atoms with van der Waals surface area (Å²) >= 11 is 9.14. The highest BCUT2D eigenvalue weighted by Crippen LogP contribution is 2.63. The van der Waals surface area contributed by atoms with Crippen LogP contribution in [0, 0.1) is 17.8 Å². The summed E-state index contributed by atoms with van der Waals surface area (Å²) in [6, 6.07) is 15.0. The Labute approximate surface area is 204 Å². The zero-order valence-corrected chi connectivity index (χ0v) is 20.1. The summed E-state index contributed by atoms with van der Waals surface area (Å²) < 4.78 is 5.85.